The molecule has 1 amide bonds. The van der Waals surface area contributed by atoms with Crippen LogP contribution in [-0.2, 0) is 4.79 Å². The Morgan fingerprint density at radius 2 is 1.88 bits per heavy atom. The Labute approximate surface area is 205 Å². The van der Waals surface area contributed by atoms with Crippen molar-refractivity contribution in [1.29, 1.82) is 0 Å². The minimum absolute atomic E-state index is 0.128. The largest absolute Gasteiger partial charge is 0.495 e. The average molecular weight is 490 g/mol. The fourth-order valence-corrected chi connectivity index (χ4v) is 4.58. The van der Waals surface area contributed by atoms with Gasteiger partial charge in [0.1, 0.15) is 10.8 Å². The molecule has 0 aliphatic carbocycles. The van der Waals surface area contributed by atoms with E-state index in [-0.39, 0.29) is 11.7 Å². The molecule has 0 spiro atoms. The lowest BCUT2D eigenvalue weighted by Gasteiger charge is -2.11. The first-order chi connectivity index (χ1) is 16.5. The van der Waals surface area contributed by atoms with Gasteiger partial charge in [0, 0.05) is 10.6 Å². The van der Waals surface area contributed by atoms with Crippen LogP contribution in [0.15, 0.2) is 71.8 Å². The van der Waals surface area contributed by atoms with Crippen LogP contribution in [0.4, 0.5) is 5.69 Å². The van der Waals surface area contributed by atoms with Crippen LogP contribution in [0.5, 0.6) is 5.75 Å². The maximum Gasteiger partial charge on any atom is 0.234 e. The Kier molecular flexibility index (Phi) is 6.08. The van der Waals surface area contributed by atoms with E-state index in [0.717, 1.165) is 22.4 Å². The molecule has 0 unspecified atom stereocenters. The van der Waals surface area contributed by atoms with Gasteiger partial charge in [0.25, 0.3) is 0 Å². The molecule has 0 saturated heterocycles. The van der Waals surface area contributed by atoms with Crippen molar-refractivity contribution in [2.24, 2.45) is 0 Å². The summed E-state index contributed by atoms with van der Waals surface area (Å²) in [5, 5.41) is 12.9. The summed E-state index contributed by atoms with van der Waals surface area (Å²) >= 11 is 7.37. The number of carbonyl (C=O) groups is 1. The van der Waals surface area contributed by atoms with E-state index in [1.807, 2.05) is 59.9 Å². The highest BCUT2D eigenvalue weighted by atomic mass is 35.5. The molecule has 34 heavy (non-hydrogen) atoms. The van der Waals surface area contributed by atoms with Crippen LogP contribution in [0.1, 0.15) is 5.56 Å². The van der Waals surface area contributed by atoms with Crippen molar-refractivity contribution in [3.8, 4) is 17.1 Å². The van der Waals surface area contributed by atoms with Crippen LogP contribution in [0.25, 0.3) is 28.1 Å². The van der Waals surface area contributed by atoms with Crippen molar-refractivity contribution in [1.82, 2.24) is 19.6 Å². The van der Waals surface area contributed by atoms with E-state index in [2.05, 4.69) is 15.5 Å². The molecule has 1 N–H and O–H groups in total. The van der Waals surface area contributed by atoms with Crippen LogP contribution in [0.3, 0.4) is 0 Å². The van der Waals surface area contributed by atoms with Gasteiger partial charge in [-0.15, -0.1) is 10.2 Å². The summed E-state index contributed by atoms with van der Waals surface area (Å²) in [6.07, 6.45) is 0. The first kappa shape index (κ1) is 22.2. The molecule has 3 aromatic carbocycles. The average Bonchev–Trinajstić information content (AvgIpc) is 3.29. The molecule has 7 nitrogen and oxygen atoms in total. The van der Waals surface area contributed by atoms with Crippen LogP contribution >= 0.6 is 23.4 Å². The Balaban J connectivity index is 1.48. The van der Waals surface area contributed by atoms with Crippen molar-refractivity contribution in [3.63, 3.8) is 0 Å². The third-order valence-electron chi connectivity index (χ3n) is 5.28. The summed E-state index contributed by atoms with van der Waals surface area (Å²) in [6, 6.07) is 21.0. The maximum absolute atomic E-state index is 12.7. The second-order valence-electron chi connectivity index (χ2n) is 7.64. The number of hydrogen-bond acceptors (Lipinski definition) is 6. The van der Waals surface area contributed by atoms with E-state index in [4.69, 9.17) is 21.3 Å². The molecule has 0 saturated carbocycles. The van der Waals surface area contributed by atoms with E-state index >= 15 is 0 Å². The number of hydrogen-bond donors (Lipinski definition) is 1. The fourth-order valence-electron chi connectivity index (χ4n) is 3.64. The number of halogens is 1. The number of aromatic nitrogens is 4. The number of methoxy groups -OCH3 is 1. The SMILES string of the molecule is COc1ccc(Cl)cc1NC(=O)CSc1nc2ccccc2n2c(-c3ccc(C)cc3)nnc12. The number of nitrogens with one attached hydrogen (secondary N) is 1. The van der Waals surface area contributed by atoms with Gasteiger partial charge >= 0.3 is 0 Å². The summed E-state index contributed by atoms with van der Waals surface area (Å²) in [7, 11) is 1.54. The van der Waals surface area contributed by atoms with Crippen LogP contribution in [0.2, 0.25) is 5.02 Å². The molecule has 0 atom stereocenters. The monoisotopic (exact) mass is 489 g/mol. The zero-order valence-electron chi connectivity index (χ0n) is 18.4. The Morgan fingerprint density at radius 1 is 1.09 bits per heavy atom. The lowest BCUT2D eigenvalue weighted by molar-refractivity contribution is -0.113. The van der Waals surface area contributed by atoms with Gasteiger partial charge < -0.3 is 10.1 Å². The normalized spacial score (nSPS) is 11.1. The molecule has 9 heteroatoms. The van der Waals surface area contributed by atoms with Gasteiger partial charge in [-0.25, -0.2) is 4.98 Å². The molecule has 5 aromatic rings. The number of para-hydroxylation sites is 2. The third-order valence-corrected chi connectivity index (χ3v) is 6.47. The van der Waals surface area contributed by atoms with E-state index in [0.29, 0.717) is 27.1 Å². The molecule has 0 radical (unpaired) electrons. The van der Waals surface area contributed by atoms with Crippen molar-refractivity contribution >= 4 is 51.6 Å². The first-order valence-corrected chi connectivity index (χ1v) is 11.9. The molecular weight excluding hydrogens is 470 g/mol. The lowest BCUT2D eigenvalue weighted by atomic mass is 10.1. The molecule has 0 bridgehead atoms. The van der Waals surface area contributed by atoms with Crippen molar-refractivity contribution in [2.45, 2.75) is 11.9 Å². The molecule has 0 aliphatic heterocycles. The van der Waals surface area contributed by atoms with Crippen molar-refractivity contribution < 1.29 is 9.53 Å². The van der Waals surface area contributed by atoms with E-state index in [9.17, 15) is 4.79 Å². The molecule has 0 fully saturated rings. The maximum atomic E-state index is 12.7. The molecule has 2 heterocycles. The number of ether oxygens (including phenoxy) is 1. The van der Waals surface area contributed by atoms with Crippen LogP contribution in [-0.4, -0.2) is 38.4 Å². The van der Waals surface area contributed by atoms with Crippen molar-refractivity contribution in [2.75, 3.05) is 18.2 Å². The smallest absolute Gasteiger partial charge is 0.234 e. The van der Waals surface area contributed by atoms with Gasteiger partial charge in [-0.1, -0.05) is 65.3 Å². The topological polar surface area (TPSA) is 81.4 Å². The number of amides is 1. The number of nitrogens with zero attached hydrogens (tertiary/aromatic N) is 4. The molecule has 0 aliphatic rings. The van der Waals surface area contributed by atoms with Gasteiger partial charge in [-0.2, -0.15) is 0 Å². The predicted octanol–water partition coefficient (Wildman–Crippen LogP) is 5.65. The zero-order chi connectivity index (χ0) is 23.7. The second kappa shape index (κ2) is 9.32. The minimum Gasteiger partial charge on any atom is -0.495 e. The highest BCUT2D eigenvalue weighted by molar-refractivity contribution is 8.00. The van der Waals surface area contributed by atoms with E-state index in [1.165, 1.54) is 17.3 Å². The summed E-state index contributed by atoms with van der Waals surface area (Å²) in [5.74, 6) is 1.18. The highest BCUT2D eigenvalue weighted by Gasteiger charge is 2.18. The summed E-state index contributed by atoms with van der Waals surface area (Å²) in [4.78, 5) is 17.5. The Morgan fingerprint density at radius 3 is 2.68 bits per heavy atom. The van der Waals surface area contributed by atoms with Gasteiger partial charge in [0.15, 0.2) is 11.5 Å². The predicted molar refractivity (Wildman–Crippen MR) is 136 cm³/mol. The molecular formula is C25H20ClN5O2S. The minimum atomic E-state index is -0.211. The molecule has 170 valence electrons. The zero-order valence-corrected chi connectivity index (χ0v) is 20.0. The number of rotatable bonds is 6. The highest BCUT2D eigenvalue weighted by Crippen LogP contribution is 2.31. The molecule has 5 rings (SSSR count). The standard InChI is InChI=1S/C25H20ClN5O2S/c1-15-7-9-16(10-8-15)23-29-30-24-25(28-18-5-3-4-6-20(18)31(23)24)34-14-22(32)27-19-13-17(26)11-12-21(19)33-2/h3-13H,14H2,1-2H3,(H,27,32). The van der Waals surface area contributed by atoms with Crippen LogP contribution < -0.4 is 10.1 Å². The quantitative estimate of drug-likeness (QED) is 0.310. The number of carbonyl (C=O) groups excluding carboxylic acids is 1. The molecule has 2 aromatic heterocycles. The third kappa shape index (κ3) is 4.30. The Bertz CT molecular complexity index is 1520. The Hall–Kier alpha value is -3.62. The second-order valence-corrected chi connectivity index (χ2v) is 9.04. The summed E-state index contributed by atoms with van der Waals surface area (Å²) < 4.78 is 7.30. The number of anilines is 1. The number of fused-ring (bicyclic) bond motifs is 3. The number of thioether (sulfide) groups is 1. The van der Waals surface area contributed by atoms with Crippen LogP contribution in [0, 0.1) is 6.92 Å². The van der Waals surface area contributed by atoms with E-state index in [1.54, 1.807) is 25.3 Å². The number of aryl methyl sites for hydroxylation is 1. The van der Waals surface area contributed by atoms with Gasteiger partial charge in [-0.3, -0.25) is 9.20 Å². The van der Waals surface area contributed by atoms with Gasteiger partial charge in [-0.05, 0) is 37.3 Å². The van der Waals surface area contributed by atoms with Gasteiger partial charge in [0.05, 0.1) is 29.6 Å². The van der Waals surface area contributed by atoms with E-state index < -0.39 is 0 Å². The number of benzene rings is 3. The fraction of sp³-hybridized carbons (Fsp3) is 0.120. The lowest BCUT2D eigenvalue weighted by Crippen LogP contribution is -2.15. The summed E-state index contributed by atoms with van der Waals surface area (Å²) in [6.45, 7) is 2.05. The van der Waals surface area contributed by atoms with Gasteiger partial charge in [0.2, 0.25) is 5.91 Å². The first-order valence-electron chi connectivity index (χ1n) is 10.5. The van der Waals surface area contributed by atoms with Crippen molar-refractivity contribution in [3.05, 3.63) is 77.3 Å². The summed E-state index contributed by atoms with van der Waals surface area (Å²) in [5.41, 5.74) is 4.94.